The first-order valence-electron chi connectivity index (χ1n) is 5.32. The van der Waals surface area contributed by atoms with Gasteiger partial charge in [0.1, 0.15) is 4.90 Å². The highest BCUT2D eigenvalue weighted by Crippen LogP contribution is 2.19. The van der Waals surface area contributed by atoms with Crippen LogP contribution in [0.5, 0.6) is 0 Å². The normalized spacial score (nSPS) is 11.0. The highest BCUT2D eigenvalue weighted by atomic mass is 32.2. The van der Waals surface area contributed by atoms with Crippen LogP contribution >= 0.6 is 0 Å². The molecule has 0 radical (unpaired) electrons. The standard InChI is InChI=1S/C12H11N3O3S/c13-19(17,18)11-4-2-1-3-10(11)15-12(16)9-5-7-14-8-6-9/h1-8H,(H,15,16)(H2,13,17,18). The molecule has 1 heterocycles. The van der Waals surface area contributed by atoms with E-state index in [0.29, 0.717) is 5.56 Å². The van der Waals surface area contributed by atoms with Crippen molar-refractivity contribution in [2.45, 2.75) is 4.90 Å². The predicted molar refractivity (Wildman–Crippen MR) is 70.0 cm³/mol. The first-order valence-corrected chi connectivity index (χ1v) is 6.86. The Hall–Kier alpha value is -2.25. The van der Waals surface area contributed by atoms with Gasteiger partial charge < -0.3 is 5.32 Å². The van der Waals surface area contributed by atoms with Crippen molar-refractivity contribution in [1.82, 2.24) is 4.98 Å². The lowest BCUT2D eigenvalue weighted by Crippen LogP contribution is -2.18. The minimum Gasteiger partial charge on any atom is -0.321 e. The van der Waals surface area contributed by atoms with Crippen molar-refractivity contribution in [3.63, 3.8) is 0 Å². The van der Waals surface area contributed by atoms with E-state index in [1.165, 1.54) is 42.7 Å². The van der Waals surface area contributed by atoms with E-state index in [9.17, 15) is 13.2 Å². The number of aromatic nitrogens is 1. The SMILES string of the molecule is NS(=O)(=O)c1ccccc1NC(=O)c1ccncc1. The Morgan fingerprint density at radius 1 is 1.11 bits per heavy atom. The van der Waals surface area contributed by atoms with Crippen LogP contribution in [0.1, 0.15) is 10.4 Å². The van der Waals surface area contributed by atoms with Crippen molar-refractivity contribution in [2.75, 3.05) is 5.32 Å². The van der Waals surface area contributed by atoms with Gasteiger partial charge in [-0.15, -0.1) is 0 Å². The topological polar surface area (TPSA) is 102 Å². The Balaban J connectivity index is 2.33. The third-order valence-electron chi connectivity index (χ3n) is 2.38. The first kappa shape index (κ1) is 13.2. The summed E-state index contributed by atoms with van der Waals surface area (Å²) in [5.41, 5.74) is 0.519. The molecule has 0 aliphatic carbocycles. The van der Waals surface area contributed by atoms with E-state index in [1.54, 1.807) is 6.07 Å². The molecule has 0 fully saturated rings. The van der Waals surface area contributed by atoms with Crippen molar-refractivity contribution in [3.05, 3.63) is 54.4 Å². The number of rotatable bonds is 3. The number of nitrogens with zero attached hydrogens (tertiary/aromatic N) is 1. The van der Waals surface area contributed by atoms with Crippen LogP contribution in [0.2, 0.25) is 0 Å². The lowest BCUT2D eigenvalue weighted by Gasteiger charge is -2.09. The highest BCUT2D eigenvalue weighted by Gasteiger charge is 2.15. The summed E-state index contributed by atoms with van der Waals surface area (Å²) in [6, 6.07) is 8.98. The molecule has 1 aromatic carbocycles. The number of pyridine rings is 1. The summed E-state index contributed by atoms with van der Waals surface area (Å²) in [5, 5.41) is 7.59. The predicted octanol–water partition coefficient (Wildman–Crippen LogP) is 0.981. The van der Waals surface area contributed by atoms with E-state index >= 15 is 0 Å². The number of primary sulfonamides is 1. The molecule has 0 spiro atoms. The molecule has 1 amide bonds. The summed E-state index contributed by atoms with van der Waals surface area (Å²) in [7, 11) is -3.89. The molecule has 0 saturated heterocycles. The smallest absolute Gasteiger partial charge is 0.255 e. The maximum Gasteiger partial charge on any atom is 0.255 e. The molecule has 0 aliphatic heterocycles. The Morgan fingerprint density at radius 3 is 2.37 bits per heavy atom. The Labute approximate surface area is 110 Å². The molecule has 98 valence electrons. The van der Waals surface area contributed by atoms with Crippen LogP contribution < -0.4 is 10.5 Å². The lowest BCUT2D eigenvalue weighted by molar-refractivity contribution is 0.102. The number of nitrogens with two attached hydrogens (primary N) is 1. The molecular formula is C12H11N3O3S. The van der Waals surface area contributed by atoms with Crippen molar-refractivity contribution in [3.8, 4) is 0 Å². The van der Waals surface area contributed by atoms with Gasteiger partial charge in [0.25, 0.3) is 5.91 Å². The van der Waals surface area contributed by atoms with Crippen molar-refractivity contribution < 1.29 is 13.2 Å². The van der Waals surface area contributed by atoms with Crippen molar-refractivity contribution >= 4 is 21.6 Å². The molecule has 6 nitrogen and oxygen atoms in total. The number of amides is 1. The molecule has 0 aliphatic rings. The summed E-state index contributed by atoms with van der Waals surface area (Å²) in [6.45, 7) is 0. The Kier molecular flexibility index (Phi) is 3.59. The minimum atomic E-state index is -3.89. The fraction of sp³-hybridized carbons (Fsp3) is 0. The molecule has 0 unspecified atom stereocenters. The monoisotopic (exact) mass is 277 g/mol. The highest BCUT2D eigenvalue weighted by molar-refractivity contribution is 7.89. The summed E-state index contributed by atoms with van der Waals surface area (Å²) in [5.74, 6) is -0.432. The van der Waals surface area contributed by atoms with E-state index in [-0.39, 0.29) is 10.6 Å². The van der Waals surface area contributed by atoms with Crippen LogP contribution in [0.15, 0.2) is 53.7 Å². The fourth-order valence-corrected chi connectivity index (χ4v) is 2.21. The van der Waals surface area contributed by atoms with Crippen LogP contribution in [0.25, 0.3) is 0 Å². The summed E-state index contributed by atoms with van der Waals surface area (Å²) in [4.78, 5) is 15.6. The zero-order chi connectivity index (χ0) is 13.9. The second kappa shape index (κ2) is 5.17. The van der Waals surface area contributed by atoms with Gasteiger partial charge in [0, 0.05) is 18.0 Å². The maximum absolute atomic E-state index is 11.9. The van der Waals surface area contributed by atoms with Crippen LogP contribution in [0, 0.1) is 0 Å². The second-order valence-electron chi connectivity index (χ2n) is 3.73. The number of carbonyl (C=O) groups is 1. The number of hydrogen-bond acceptors (Lipinski definition) is 4. The average molecular weight is 277 g/mol. The summed E-state index contributed by atoms with van der Waals surface area (Å²) in [6.07, 6.45) is 2.95. The molecule has 3 N–H and O–H groups in total. The number of carbonyl (C=O) groups excluding carboxylic acids is 1. The number of benzene rings is 1. The molecule has 19 heavy (non-hydrogen) atoms. The second-order valence-corrected chi connectivity index (χ2v) is 5.26. The first-order chi connectivity index (χ1) is 8.98. The molecule has 2 rings (SSSR count). The van der Waals surface area contributed by atoms with Gasteiger partial charge in [0.05, 0.1) is 5.69 Å². The number of hydrogen-bond donors (Lipinski definition) is 2. The third-order valence-corrected chi connectivity index (χ3v) is 3.35. The quantitative estimate of drug-likeness (QED) is 0.873. The zero-order valence-corrected chi connectivity index (χ0v) is 10.6. The van der Waals surface area contributed by atoms with Crippen LogP contribution in [-0.2, 0) is 10.0 Å². The molecule has 7 heteroatoms. The number of nitrogens with one attached hydrogen (secondary N) is 1. The van der Waals surface area contributed by atoms with E-state index in [1.807, 2.05) is 0 Å². The largest absolute Gasteiger partial charge is 0.321 e. The van der Waals surface area contributed by atoms with Gasteiger partial charge in [0.15, 0.2) is 0 Å². The van der Waals surface area contributed by atoms with Gasteiger partial charge in [0.2, 0.25) is 10.0 Å². The van der Waals surface area contributed by atoms with Crippen LogP contribution in [0.3, 0.4) is 0 Å². The van der Waals surface area contributed by atoms with Gasteiger partial charge in [-0.3, -0.25) is 9.78 Å². The third kappa shape index (κ3) is 3.15. The molecule has 1 aromatic heterocycles. The van der Waals surface area contributed by atoms with E-state index < -0.39 is 15.9 Å². The number of sulfonamides is 1. The van der Waals surface area contributed by atoms with Gasteiger partial charge >= 0.3 is 0 Å². The van der Waals surface area contributed by atoms with Crippen LogP contribution in [-0.4, -0.2) is 19.3 Å². The van der Waals surface area contributed by atoms with E-state index in [2.05, 4.69) is 10.3 Å². The summed E-state index contributed by atoms with van der Waals surface area (Å²) < 4.78 is 22.8. The fourth-order valence-electron chi connectivity index (χ4n) is 1.52. The van der Waals surface area contributed by atoms with Crippen LogP contribution in [0.4, 0.5) is 5.69 Å². The van der Waals surface area contributed by atoms with Gasteiger partial charge in [-0.2, -0.15) is 0 Å². The summed E-state index contributed by atoms with van der Waals surface area (Å²) >= 11 is 0. The lowest BCUT2D eigenvalue weighted by atomic mass is 10.2. The van der Waals surface area contributed by atoms with Gasteiger partial charge in [-0.05, 0) is 24.3 Å². The zero-order valence-electron chi connectivity index (χ0n) is 9.78. The van der Waals surface area contributed by atoms with E-state index in [4.69, 9.17) is 5.14 Å². The average Bonchev–Trinajstić information content (AvgIpc) is 2.39. The molecular weight excluding hydrogens is 266 g/mol. The van der Waals surface area contributed by atoms with Gasteiger partial charge in [-0.25, -0.2) is 13.6 Å². The molecule has 0 atom stereocenters. The minimum absolute atomic E-state index is 0.127. The molecule has 0 saturated carbocycles. The maximum atomic E-state index is 11.9. The van der Waals surface area contributed by atoms with Crippen molar-refractivity contribution in [1.29, 1.82) is 0 Å². The number of para-hydroxylation sites is 1. The van der Waals surface area contributed by atoms with Gasteiger partial charge in [-0.1, -0.05) is 12.1 Å². The van der Waals surface area contributed by atoms with E-state index in [0.717, 1.165) is 0 Å². The number of anilines is 1. The van der Waals surface area contributed by atoms with Crippen molar-refractivity contribution in [2.24, 2.45) is 5.14 Å². The molecule has 2 aromatic rings. The molecule has 0 bridgehead atoms. The Bertz CT molecular complexity index is 699. The Morgan fingerprint density at radius 2 is 1.74 bits per heavy atom.